The molecule has 212 valence electrons. The monoisotopic (exact) mass is 524 g/mol. The van der Waals surface area contributed by atoms with E-state index in [4.69, 9.17) is 9.47 Å². The Balaban J connectivity index is 1.84. The number of ether oxygens (including phenoxy) is 2. The van der Waals surface area contributed by atoms with Crippen molar-refractivity contribution < 1.29 is 18.8 Å². The first-order valence-corrected chi connectivity index (χ1v) is 15.2. The molecule has 0 radical (unpaired) electrons. The summed E-state index contributed by atoms with van der Waals surface area (Å²) >= 11 is 0. The van der Waals surface area contributed by atoms with Crippen molar-refractivity contribution in [1.29, 1.82) is 0 Å². The van der Waals surface area contributed by atoms with Gasteiger partial charge in [0, 0.05) is 12.0 Å². The zero-order valence-corrected chi connectivity index (χ0v) is 24.9. The van der Waals surface area contributed by atoms with Crippen LogP contribution in [0.4, 0.5) is 0 Å². The fraction of sp³-hybridized carbons (Fsp3) is 0.618. The van der Waals surface area contributed by atoms with E-state index in [0.717, 1.165) is 42.6 Å². The third-order valence-electron chi connectivity index (χ3n) is 7.36. The minimum atomic E-state index is -0.564. The van der Waals surface area contributed by atoms with Gasteiger partial charge in [-0.1, -0.05) is 121 Å². The Bertz CT molecular complexity index is 896. The first kappa shape index (κ1) is 31.9. The van der Waals surface area contributed by atoms with Gasteiger partial charge >= 0.3 is 5.97 Å². The van der Waals surface area contributed by atoms with Crippen LogP contribution >= 0.6 is 0 Å². The Hall–Kier alpha value is -2.33. The average molecular weight is 525 g/mol. The summed E-state index contributed by atoms with van der Waals surface area (Å²) in [6, 6.07) is 18.7. The second kappa shape index (κ2) is 18.0. The molecule has 0 N–H and O–H groups in total. The van der Waals surface area contributed by atoms with Crippen molar-refractivity contribution in [3.8, 4) is 5.75 Å². The highest BCUT2D eigenvalue weighted by Crippen LogP contribution is 2.24. The van der Waals surface area contributed by atoms with E-state index in [1.807, 2.05) is 25.1 Å². The average Bonchev–Trinajstić information content (AvgIpc) is 2.91. The molecule has 0 aliphatic carbocycles. The number of hydrogen-bond acceptors (Lipinski definition) is 3. The SMILES string of the molecule is CCCCCCCCCCCc1ccccc1OC(CC)OC(=O)C(CC)C[N+](C)(C)Cc1ccccc1. The van der Waals surface area contributed by atoms with Crippen LogP contribution in [-0.4, -0.2) is 37.4 Å². The van der Waals surface area contributed by atoms with Crippen molar-refractivity contribution in [3.63, 3.8) is 0 Å². The molecule has 0 saturated heterocycles. The molecule has 0 spiro atoms. The predicted octanol–water partition coefficient (Wildman–Crippen LogP) is 8.72. The molecule has 0 bridgehead atoms. The molecule has 2 aromatic rings. The number of quaternary nitrogens is 1. The Morgan fingerprint density at radius 1 is 0.763 bits per heavy atom. The van der Waals surface area contributed by atoms with Crippen molar-refractivity contribution in [1.82, 2.24) is 0 Å². The summed E-state index contributed by atoms with van der Waals surface area (Å²) < 4.78 is 12.9. The topological polar surface area (TPSA) is 35.5 Å². The molecule has 38 heavy (non-hydrogen) atoms. The number of carbonyl (C=O) groups excluding carboxylic acids is 1. The highest BCUT2D eigenvalue weighted by atomic mass is 16.7. The molecule has 4 heteroatoms. The van der Waals surface area contributed by atoms with E-state index in [0.29, 0.717) is 6.42 Å². The molecule has 2 atom stereocenters. The van der Waals surface area contributed by atoms with E-state index in [-0.39, 0.29) is 11.9 Å². The molecule has 0 fully saturated rings. The van der Waals surface area contributed by atoms with Crippen LogP contribution in [-0.2, 0) is 22.5 Å². The third-order valence-corrected chi connectivity index (χ3v) is 7.36. The molecule has 0 aliphatic rings. The number of rotatable bonds is 20. The van der Waals surface area contributed by atoms with Gasteiger partial charge in [0.2, 0.25) is 6.29 Å². The van der Waals surface area contributed by atoms with Crippen LogP contribution in [0.25, 0.3) is 0 Å². The molecule has 0 aliphatic heterocycles. The summed E-state index contributed by atoms with van der Waals surface area (Å²) in [6.45, 7) is 7.96. The smallest absolute Gasteiger partial charge is 0.317 e. The highest BCUT2D eigenvalue weighted by Gasteiger charge is 2.30. The van der Waals surface area contributed by atoms with Crippen molar-refractivity contribution in [3.05, 3.63) is 65.7 Å². The minimum absolute atomic E-state index is 0.157. The maximum atomic E-state index is 13.2. The van der Waals surface area contributed by atoms with Gasteiger partial charge in [0.15, 0.2) is 0 Å². The number of para-hydroxylation sites is 1. The maximum Gasteiger partial charge on any atom is 0.317 e. The van der Waals surface area contributed by atoms with Crippen molar-refractivity contribution >= 4 is 5.97 Å². The summed E-state index contributed by atoms with van der Waals surface area (Å²) in [6.07, 6.45) is 13.7. The quantitative estimate of drug-likeness (QED) is 0.0752. The second-order valence-corrected chi connectivity index (χ2v) is 11.4. The van der Waals surface area contributed by atoms with Gasteiger partial charge in [0.1, 0.15) is 18.2 Å². The zero-order chi connectivity index (χ0) is 27.6. The fourth-order valence-corrected chi connectivity index (χ4v) is 5.12. The lowest BCUT2D eigenvalue weighted by Gasteiger charge is -2.33. The maximum absolute atomic E-state index is 13.2. The normalized spacial score (nSPS) is 13.2. The number of benzene rings is 2. The standard InChI is InChI=1S/C34H54NO3/c1-6-9-10-11-12-13-14-15-19-24-31-25-20-21-26-32(31)37-33(8-3)38-34(36)30(7-2)28-35(4,5)27-29-22-17-16-18-23-29/h16-18,20-23,25-26,30,33H,6-15,19,24,27-28H2,1-5H3/q+1. The van der Waals surface area contributed by atoms with Gasteiger partial charge in [-0.25, -0.2) is 0 Å². The first-order valence-electron chi connectivity index (χ1n) is 15.2. The van der Waals surface area contributed by atoms with Crippen LogP contribution in [0.3, 0.4) is 0 Å². The molecular weight excluding hydrogens is 470 g/mol. The van der Waals surface area contributed by atoms with E-state index in [1.54, 1.807) is 0 Å². The lowest BCUT2D eigenvalue weighted by molar-refractivity contribution is -0.906. The zero-order valence-electron chi connectivity index (χ0n) is 24.9. The van der Waals surface area contributed by atoms with Gasteiger partial charge in [0.05, 0.1) is 20.6 Å². The van der Waals surface area contributed by atoms with E-state index in [1.165, 1.54) is 62.5 Å². The largest absolute Gasteiger partial charge is 0.455 e. The number of aryl methyl sites for hydroxylation is 1. The molecular formula is C34H54NO3+. The van der Waals surface area contributed by atoms with E-state index < -0.39 is 6.29 Å². The number of nitrogens with zero attached hydrogens (tertiary/aromatic N) is 1. The van der Waals surface area contributed by atoms with Crippen molar-refractivity contribution in [2.45, 2.75) is 111 Å². The summed E-state index contributed by atoms with van der Waals surface area (Å²) in [5.41, 5.74) is 2.48. The summed E-state index contributed by atoms with van der Waals surface area (Å²) in [4.78, 5) is 13.2. The first-order chi connectivity index (χ1) is 18.4. The third kappa shape index (κ3) is 12.5. The molecule has 0 amide bonds. The second-order valence-electron chi connectivity index (χ2n) is 11.4. The van der Waals surface area contributed by atoms with Gasteiger partial charge in [-0.15, -0.1) is 0 Å². The lowest BCUT2D eigenvalue weighted by Crippen LogP contribution is -2.45. The summed E-state index contributed by atoms with van der Waals surface area (Å²) in [5.74, 6) is 0.526. The lowest BCUT2D eigenvalue weighted by atomic mass is 10.0. The summed E-state index contributed by atoms with van der Waals surface area (Å²) in [5, 5.41) is 0. The van der Waals surface area contributed by atoms with Gasteiger partial charge in [-0.3, -0.25) is 4.79 Å². The van der Waals surface area contributed by atoms with E-state index in [2.05, 4.69) is 64.3 Å². The van der Waals surface area contributed by atoms with Crippen LogP contribution in [0.2, 0.25) is 0 Å². The van der Waals surface area contributed by atoms with Crippen LogP contribution in [0.15, 0.2) is 54.6 Å². The van der Waals surface area contributed by atoms with Crippen LogP contribution in [0, 0.1) is 5.92 Å². The Morgan fingerprint density at radius 2 is 1.37 bits per heavy atom. The highest BCUT2D eigenvalue weighted by molar-refractivity contribution is 5.72. The van der Waals surface area contributed by atoms with Gasteiger partial charge < -0.3 is 14.0 Å². The van der Waals surface area contributed by atoms with E-state index >= 15 is 0 Å². The number of hydrogen-bond donors (Lipinski definition) is 0. The Kier molecular flexibility index (Phi) is 15.1. The minimum Gasteiger partial charge on any atom is -0.455 e. The molecule has 4 nitrogen and oxygen atoms in total. The Morgan fingerprint density at radius 3 is 2.00 bits per heavy atom. The van der Waals surface area contributed by atoms with Crippen molar-refractivity contribution in [2.24, 2.45) is 5.92 Å². The van der Waals surface area contributed by atoms with Crippen molar-refractivity contribution in [2.75, 3.05) is 20.6 Å². The van der Waals surface area contributed by atoms with Gasteiger partial charge in [-0.2, -0.15) is 0 Å². The number of unbranched alkanes of at least 4 members (excludes halogenated alkanes) is 8. The number of esters is 1. The van der Waals surface area contributed by atoms with Gasteiger partial charge in [-0.05, 0) is 30.9 Å². The molecule has 0 saturated carbocycles. The molecule has 2 unspecified atom stereocenters. The molecule has 2 aromatic carbocycles. The summed E-state index contributed by atoms with van der Waals surface area (Å²) in [7, 11) is 4.36. The molecule has 2 rings (SSSR count). The van der Waals surface area contributed by atoms with Crippen LogP contribution in [0.5, 0.6) is 5.75 Å². The van der Waals surface area contributed by atoms with E-state index in [9.17, 15) is 4.79 Å². The fourth-order valence-electron chi connectivity index (χ4n) is 5.12. The Labute approximate surface area is 233 Å². The van der Waals surface area contributed by atoms with Crippen LogP contribution < -0.4 is 4.74 Å². The predicted molar refractivity (Wildman–Crippen MR) is 159 cm³/mol. The molecule has 0 heterocycles. The van der Waals surface area contributed by atoms with Crippen LogP contribution in [0.1, 0.15) is 103 Å². The molecule has 0 aromatic heterocycles. The van der Waals surface area contributed by atoms with Gasteiger partial charge in [0.25, 0.3) is 0 Å². The number of carbonyl (C=O) groups is 1.